The molecule has 0 unspecified atom stereocenters. The van der Waals surface area contributed by atoms with Gasteiger partial charge >= 0.3 is 0 Å². The highest BCUT2D eigenvalue weighted by molar-refractivity contribution is 14.1. The van der Waals surface area contributed by atoms with E-state index in [1.54, 1.807) is 24.3 Å². The monoisotopic (exact) mass is 289 g/mol. The molecule has 3 nitrogen and oxygen atoms in total. The molecule has 0 bridgehead atoms. The van der Waals surface area contributed by atoms with Gasteiger partial charge in [0.05, 0.1) is 4.55 Å². The van der Waals surface area contributed by atoms with Crippen LogP contribution in [0.25, 0.3) is 0 Å². The minimum absolute atomic E-state index is 0.119. The van der Waals surface area contributed by atoms with Crippen LogP contribution in [0.4, 0.5) is 0 Å². The van der Waals surface area contributed by atoms with Gasteiger partial charge in [-0.1, -0.05) is 34.7 Å². The van der Waals surface area contributed by atoms with E-state index in [2.05, 4.69) is 27.9 Å². The van der Waals surface area contributed by atoms with Crippen LogP contribution in [0, 0.1) is 0 Å². The van der Waals surface area contributed by atoms with Crippen molar-refractivity contribution in [1.82, 2.24) is 5.32 Å². The number of rotatable bonds is 3. The Morgan fingerprint density at radius 2 is 2.00 bits per heavy atom. The first-order chi connectivity index (χ1) is 6.27. The van der Waals surface area contributed by atoms with Crippen molar-refractivity contribution >= 4 is 34.8 Å². The summed E-state index contributed by atoms with van der Waals surface area (Å²) in [6, 6.07) is 6.50. The maximum atomic E-state index is 11.2. The molecule has 0 aliphatic rings. The van der Waals surface area contributed by atoms with Gasteiger partial charge in [-0.15, -0.1) is 0 Å². The van der Waals surface area contributed by atoms with E-state index in [-0.39, 0.29) is 5.91 Å². The van der Waals surface area contributed by atoms with Crippen LogP contribution in [-0.4, -0.2) is 16.7 Å². The zero-order valence-electron chi connectivity index (χ0n) is 6.79. The molecule has 0 atom stereocenters. The molecule has 0 aliphatic carbocycles. The number of nitrogens with one attached hydrogen (secondary N) is 1. The largest absolute Gasteiger partial charge is 0.343 e. The lowest BCUT2D eigenvalue weighted by Crippen LogP contribution is -2.21. The molecule has 0 aliphatic heterocycles. The van der Waals surface area contributed by atoms with E-state index in [9.17, 15) is 9.59 Å². The van der Waals surface area contributed by atoms with E-state index in [1.165, 1.54) is 0 Å². The molecule has 1 rings (SSSR count). The Labute approximate surface area is 89.7 Å². The predicted molar refractivity (Wildman–Crippen MR) is 58.2 cm³/mol. The molecule has 0 spiro atoms. The molecule has 68 valence electrons. The van der Waals surface area contributed by atoms with Crippen molar-refractivity contribution in [3.8, 4) is 0 Å². The highest BCUT2D eigenvalue weighted by Gasteiger charge is 2.02. The van der Waals surface area contributed by atoms with Crippen LogP contribution in [0.3, 0.4) is 0 Å². The van der Waals surface area contributed by atoms with Crippen LogP contribution >= 0.6 is 22.6 Å². The van der Waals surface area contributed by atoms with Gasteiger partial charge in [-0.2, -0.15) is 0 Å². The van der Waals surface area contributed by atoms with Gasteiger partial charge in [0.25, 0.3) is 5.91 Å². The van der Waals surface area contributed by atoms with Gasteiger partial charge in [-0.05, 0) is 12.1 Å². The SMILES string of the molecule is O=Cc1ccc(C(=O)NCI)cc1. The smallest absolute Gasteiger partial charge is 0.251 e. The lowest BCUT2D eigenvalue weighted by atomic mass is 10.1. The normalized spacial score (nSPS) is 9.31. The first kappa shape index (κ1) is 10.2. The average Bonchev–Trinajstić information content (AvgIpc) is 2.18. The summed E-state index contributed by atoms with van der Waals surface area (Å²) in [7, 11) is 0. The summed E-state index contributed by atoms with van der Waals surface area (Å²) in [4.78, 5) is 21.6. The third-order valence-electron chi connectivity index (χ3n) is 1.54. The third-order valence-corrected chi connectivity index (χ3v) is 1.92. The van der Waals surface area contributed by atoms with Crippen molar-refractivity contribution in [3.63, 3.8) is 0 Å². The number of carbonyl (C=O) groups excluding carboxylic acids is 2. The number of alkyl halides is 1. The molecule has 4 heteroatoms. The maximum Gasteiger partial charge on any atom is 0.251 e. The molecular formula is C9H8INO2. The molecule has 0 radical (unpaired) electrons. The molecule has 1 amide bonds. The lowest BCUT2D eigenvalue weighted by molar-refractivity contribution is 0.0961. The average molecular weight is 289 g/mol. The van der Waals surface area contributed by atoms with Crippen molar-refractivity contribution in [2.75, 3.05) is 4.55 Å². The van der Waals surface area contributed by atoms with Crippen molar-refractivity contribution < 1.29 is 9.59 Å². The van der Waals surface area contributed by atoms with E-state index in [0.717, 1.165) is 6.29 Å². The number of amides is 1. The van der Waals surface area contributed by atoms with E-state index >= 15 is 0 Å². The summed E-state index contributed by atoms with van der Waals surface area (Å²) in [5, 5.41) is 2.66. The number of hydrogen-bond donors (Lipinski definition) is 1. The number of hydrogen-bond acceptors (Lipinski definition) is 2. The summed E-state index contributed by atoms with van der Waals surface area (Å²) in [6.45, 7) is 0. The van der Waals surface area contributed by atoms with Crippen LogP contribution in [0.5, 0.6) is 0 Å². The fraction of sp³-hybridized carbons (Fsp3) is 0.111. The van der Waals surface area contributed by atoms with Crippen molar-refractivity contribution in [3.05, 3.63) is 35.4 Å². The second-order valence-corrected chi connectivity index (χ2v) is 3.14. The first-order valence-corrected chi connectivity index (χ1v) is 5.20. The summed E-state index contributed by atoms with van der Waals surface area (Å²) in [5.74, 6) is -0.119. The zero-order valence-corrected chi connectivity index (χ0v) is 8.95. The molecule has 0 saturated heterocycles. The topological polar surface area (TPSA) is 46.2 Å². The molecule has 1 N–H and O–H groups in total. The third kappa shape index (κ3) is 2.80. The van der Waals surface area contributed by atoms with Gasteiger partial charge in [0.15, 0.2) is 0 Å². The van der Waals surface area contributed by atoms with Crippen LogP contribution in [-0.2, 0) is 0 Å². The number of benzene rings is 1. The Morgan fingerprint density at radius 1 is 1.38 bits per heavy atom. The number of carbonyl (C=O) groups is 2. The van der Waals surface area contributed by atoms with Gasteiger partial charge in [0.2, 0.25) is 0 Å². The van der Waals surface area contributed by atoms with Gasteiger partial charge in [0, 0.05) is 11.1 Å². The van der Waals surface area contributed by atoms with E-state index < -0.39 is 0 Å². The molecule has 1 aromatic rings. The summed E-state index contributed by atoms with van der Waals surface area (Å²) in [6.07, 6.45) is 0.750. The molecule has 0 heterocycles. The minimum atomic E-state index is -0.119. The summed E-state index contributed by atoms with van der Waals surface area (Å²) < 4.78 is 0.575. The van der Waals surface area contributed by atoms with Crippen molar-refractivity contribution in [1.29, 1.82) is 0 Å². The van der Waals surface area contributed by atoms with Crippen LogP contribution in [0.2, 0.25) is 0 Å². The standard InChI is InChI=1S/C9H8INO2/c10-6-11-9(13)8-3-1-7(5-12)2-4-8/h1-5H,6H2,(H,11,13). The Hall–Kier alpha value is -0.910. The summed E-state index contributed by atoms with van der Waals surface area (Å²) >= 11 is 2.06. The van der Waals surface area contributed by atoms with Crippen LogP contribution < -0.4 is 5.32 Å². The Kier molecular flexibility index (Phi) is 3.88. The zero-order chi connectivity index (χ0) is 9.68. The van der Waals surface area contributed by atoms with Gasteiger partial charge in [-0.3, -0.25) is 9.59 Å². The number of halogens is 1. The predicted octanol–water partition coefficient (Wildman–Crippen LogP) is 1.62. The molecule has 0 aromatic heterocycles. The second kappa shape index (κ2) is 4.96. The molecule has 0 fully saturated rings. The fourth-order valence-electron chi connectivity index (χ4n) is 0.876. The van der Waals surface area contributed by atoms with Crippen LogP contribution in [0.15, 0.2) is 24.3 Å². The van der Waals surface area contributed by atoms with Crippen molar-refractivity contribution in [2.24, 2.45) is 0 Å². The highest BCUT2D eigenvalue weighted by Crippen LogP contribution is 2.02. The Morgan fingerprint density at radius 3 is 2.46 bits per heavy atom. The summed E-state index contributed by atoms with van der Waals surface area (Å²) in [5.41, 5.74) is 1.15. The first-order valence-electron chi connectivity index (χ1n) is 3.67. The van der Waals surface area contributed by atoms with Crippen LogP contribution in [0.1, 0.15) is 20.7 Å². The van der Waals surface area contributed by atoms with E-state index in [0.29, 0.717) is 15.7 Å². The Bertz CT molecular complexity index is 308. The quantitative estimate of drug-likeness (QED) is 0.398. The van der Waals surface area contributed by atoms with Gasteiger partial charge in [-0.25, -0.2) is 0 Å². The maximum absolute atomic E-state index is 11.2. The van der Waals surface area contributed by atoms with E-state index in [4.69, 9.17) is 0 Å². The second-order valence-electron chi connectivity index (χ2n) is 2.38. The van der Waals surface area contributed by atoms with E-state index in [1.807, 2.05) is 0 Å². The van der Waals surface area contributed by atoms with Gasteiger partial charge < -0.3 is 5.32 Å². The van der Waals surface area contributed by atoms with Crippen molar-refractivity contribution in [2.45, 2.75) is 0 Å². The molecular weight excluding hydrogens is 281 g/mol. The molecule has 0 saturated carbocycles. The van der Waals surface area contributed by atoms with Gasteiger partial charge in [0.1, 0.15) is 6.29 Å². The molecule has 13 heavy (non-hydrogen) atoms. The lowest BCUT2D eigenvalue weighted by Gasteiger charge is -2.00. The molecule has 1 aromatic carbocycles. The minimum Gasteiger partial charge on any atom is -0.343 e. The number of aldehydes is 1. The highest BCUT2D eigenvalue weighted by atomic mass is 127. The fourth-order valence-corrected chi connectivity index (χ4v) is 1.22. The Balaban J connectivity index is 2.79.